The minimum atomic E-state index is 0.435. The van der Waals surface area contributed by atoms with Crippen LogP contribution in [0.5, 0.6) is 5.75 Å². The van der Waals surface area contributed by atoms with Crippen LogP contribution in [0.4, 0.5) is 0 Å². The van der Waals surface area contributed by atoms with Crippen molar-refractivity contribution >= 4 is 0 Å². The molecule has 1 N–H and O–H groups in total. The van der Waals surface area contributed by atoms with Gasteiger partial charge in [-0.3, -0.25) is 0 Å². The Morgan fingerprint density at radius 2 is 1.67 bits per heavy atom. The van der Waals surface area contributed by atoms with E-state index in [-0.39, 0.29) is 0 Å². The van der Waals surface area contributed by atoms with Crippen molar-refractivity contribution in [1.82, 2.24) is 5.32 Å². The minimum absolute atomic E-state index is 0.435. The summed E-state index contributed by atoms with van der Waals surface area (Å²) in [5.41, 5.74) is 1.34. The number of hydrogen-bond donors (Lipinski definition) is 1. The van der Waals surface area contributed by atoms with E-state index < -0.39 is 0 Å². The third kappa shape index (κ3) is 4.69. The summed E-state index contributed by atoms with van der Waals surface area (Å²) in [4.78, 5) is 0. The van der Waals surface area contributed by atoms with Crippen molar-refractivity contribution in [2.45, 2.75) is 39.7 Å². The lowest BCUT2D eigenvalue weighted by molar-refractivity contribution is 0.366. The molecule has 1 rings (SSSR count). The highest BCUT2D eigenvalue weighted by Gasteiger charge is 2.14. The van der Waals surface area contributed by atoms with Crippen LogP contribution in [0.3, 0.4) is 0 Å². The molecule has 1 aromatic carbocycles. The summed E-state index contributed by atoms with van der Waals surface area (Å²) >= 11 is 0. The molecule has 102 valence electrons. The van der Waals surface area contributed by atoms with Gasteiger partial charge in [0.1, 0.15) is 5.75 Å². The van der Waals surface area contributed by atoms with Crippen LogP contribution in [0.1, 0.15) is 45.2 Å². The van der Waals surface area contributed by atoms with E-state index in [1.807, 2.05) is 19.2 Å². The van der Waals surface area contributed by atoms with E-state index in [0.717, 1.165) is 17.6 Å². The van der Waals surface area contributed by atoms with E-state index in [0.29, 0.717) is 6.04 Å². The van der Waals surface area contributed by atoms with Gasteiger partial charge in [0.05, 0.1) is 7.11 Å². The second-order valence-corrected chi connectivity index (χ2v) is 5.58. The molecule has 0 aliphatic rings. The van der Waals surface area contributed by atoms with Crippen molar-refractivity contribution in [3.63, 3.8) is 0 Å². The van der Waals surface area contributed by atoms with Crippen molar-refractivity contribution in [3.8, 4) is 5.75 Å². The van der Waals surface area contributed by atoms with Crippen LogP contribution in [-0.4, -0.2) is 14.2 Å². The molecular formula is C16H27NO. The Labute approximate surface area is 112 Å². The van der Waals surface area contributed by atoms with Gasteiger partial charge in [0.25, 0.3) is 0 Å². The Balaban J connectivity index is 2.64. The van der Waals surface area contributed by atoms with E-state index in [1.165, 1.54) is 18.4 Å². The Bertz CT molecular complexity index is 331. The normalized spacial score (nSPS) is 14.6. The third-order valence-electron chi connectivity index (χ3n) is 3.38. The van der Waals surface area contributed by atoms with E-state index in [9.17, 15) is 0 Å². The summed E-state index contributed by atoms with van der Waals surface area (Å²) < 4.78 is 5.20. The molecule has 0 aliphatic heterocycles. The number of methoxy groups -OCH3 is 1. The third-order valence-corrected chi connectivity index (χ3v) is 3.38. The van der Waals surface area contributed by atoms with Gasteiger partial charge in [-0.2, -0.15) is 0 Å². The second-order valence-electron chi connectivity index (χ2n) is 5.58. The number of benzene rings is 1. The zero-order chi connectivity index (χ0) is 13.5. The van der Waals surface area contributed by atoms with Gasteiger partial charge >= 0.3 is 0 Å². The molecule has 0 spiro atoms. The van der Waals surface area contributed by atoms with E-state index in [1.54, 1.807) is 7.11 Å². The van der Waals surface area contributed by atoms with Gasteiger partial charge in [-0.05, 0) is 49.4 Å². The van der Waals surface area contributed by atoms with Crippen LogP contribution in [-0.2, 0) is 0 Å². The van der Waals surface area contributed by atoms with Gasteiger partial charge in [0.2, 0.25) is 0 Å². The minimum Gasteiger partial charge on any atom is -0.497 e. The van der Waals surface area contributed by atoms with E-state index >= 15 is 0 Å². The quantitative estimate of drug-likeness (QED) is 0.788. The molecule has 0 fully saturated rings. The standard InChI is InChI=1S/C16H27NO/c1-12(2)10-13(3)11-16(17-4)14-6-8-15(18-5)9-7-14/h6-9,12-13,16-17H,10-11H2,1-5H3. The first-order valence-corrected chi connectivity index (χ1v) is 6.88. The van der Waals surface area contributed by atoms with Gasteiger partial charge in [0, 0.05) is 6.04 Å². The van der Waals surface area contributed by atoms with Crippen LogP contribution in [0.15, 0.2) is 24.3 Å². The van der Waals surface area contributed by atoms with Gasteiger partial charge in [-0.1, -0.05) is 32.9 Å². The lowest BCUT2D eigenvalue weighted by Gasteiger charge is -2.22. The highest BCUT2D eigenvalue weighted by molar-refractivity contribution is 5.29. The fourth-order valence-corrected chi connectivity index (χ4v) is 2.56. The Hall–Kier alpha value is -1.02. The molecule has 1 aromatic rings. The van der Waals surface area contributed by atoms with Gasteiger partial charge in [0.15, 0.2) is 0 Å². The van der Waals surface area contributed by atoms with Crippen molar-refractivity contribution in [1.29, 1.82) is 0 Å². The number of ether oxygens (including phenoxy) is 1. The van der Waals surface area contributed by atoms with Crippen LogP contribution in [0.2, 0.25) is 0 Å². The monoisotopic (exact) mass is 249 g/mol. The largest absolute Gasteiger partial charge is 0.497 e. The predicted molar refractivity (Wildman–Crippen MR) is 78.0 cm³/mol. The first kappa shape index (κ1) is 15.0. The zero-order valence-corrected chi connectivity index (χ0v) is 12.4. The molecule has 0 aromatic heterocycles. The van der Waals surface area contributed by atoms with Crippen molar-refractivity contribution in [3.05, 3.63) is 29.8 Å². The molecule has 2 nitrogen and oxygen atoms in total. The molecule has 2 unspecified atom stereocenters. The maximum absolute atomic E-state index is 5.20. The van der Waals surface area contributed by atoms with Crippen molar-refractivity contribution < 1.29 is 4.74 Å². The fraction of sp³-hybridized carbons (Fsp3) is 0.625. The van der Waals surface area contributed by atoms with Gasteiger partial charge < -0.3 is 10.1 Å². The van der Waals surface area contributed by atoms with Crippen LogP contribution in [0, 0.1) is 11.8 Å². The topological polar surface area (TPSA) is 21.3 Å². The highest BCUT2D eigenvalue weighted by atomic mass is 16.5. The van der Waals surface area contributed by atoms with Gasteiger partial charge in [-0.15, -0.1) is 0 Å². The molecule has 18 heavy (non-hydrogen) atoms. The number of rotatable bonds is 7. The van der Waals surface area contributed by atoms with E-state index in [2.05, 4.69) is 38.2 Å². The Morgan fingerprint density at radius 3 is 2.11 bits per heavy atom. The molecule has 2 atom stereocenters. The molecule has 2 heteroatoms. The molecular weight excluding hydrogens is 222 g/mol. The number of hydrogen-bond acceptors (Lipinski definition) is 2. The van der Waals surface area contributed by atoms with Crippen LogP contribution < -0.4 is 10.1 Å². The first-order valence-electron chi connectivity index (χ1n) is 6.88. The lowest BCUT2D eigenvalue weighted by Crippen LogP contribution is -2.19. The Morgan fingerprint density at radius 1 is 1.06 bits per heavy atom. The fourth-order valence-electron chi connectivity index (χ4n) is 2.56. The molecule has 0 bridgehead atoms. The van der Waals surface area contributed by atoms with Crippen LogP contribution in [0.25, 0.3) is 0 Å². The molecule has 0 saturated heterocycles. The molecule has 0 saturated carbocycles. The Kier molecular flexibility index (Phi) is 6.20. The van der Waals surface area contributed by atoms with Crippen molar-refractivity contribution in [2.24, 2.45) is 11.8 Å². The molecule has 0 heterocycles. The zero-order valence-electron chi connectivity index (χ0n) is 12.4. The maximum Gasteiger partial charge on any atom is 0.118 e. The summed E-state index contributed by atoms with van der Waals surface area (Å²) in [6, 6.07) is 8.81. The summed E-state index contributed by atoms with van der Waals surface area (Å²) in [6.07, 6.45) is 2.47. The molecule has 0 amide bonds. The summed E-state index contributed by atoms with van der Waals surface area (Å²) in [5.74, 6) is 2.43. The average molecular weight is 249 g/mol. The maximum atomic E-state index is 5.20. The summed E-state index contributed by atoms with van der Waals surface area (Å²) in [5, 5.41) is 3.42. The predicted octanol–water partition coefficient (Wildman–Crippen LogP) is 4.03. The summed E-state index contributed by atoms with van der Waals surface area (Å²) in [7, 11) is 3.74. The smallest absolute Gasteiger partial charge is 0.118 e. The number of nitrogens with one attached hydrogen (secondary N) is 1. The molecule has 0 radical (unpaired) electrons. The highest BCUT2D eigenvalue weighted by Crippen LogP contribution is 2.26. The molecule has 0 aliphatic carbocycles. The van der Waals surface area contributed by atoms with E-state index in [4.69, 9.17) is 4.74 Å². The second kappa shape index (κ2) is 7.42. The van der Waals surface area contributed by atoms with Crippen LogP contribution >= 0.6 is 0 Å². The van der Waals surface area contributed by atoms with Gasteiger partial charge in [-0.25, -0.2) is 0 Å². The lowest BCUT2D eigenvalue weighted by atomic mass is 9.90. The summed E-state index contributed by atoms with van der Waals surface area (Å²) in [6.45, 7) is 6.92. The first-order chi connectivity index (χ1) is 8.56. The van der Waals surface area contributed by atoms with Crippen molar-refractivity contribution in [2.75, 3.05) is 14.2 Å². The average Bonchev–Trinajstić information content (AvgIpc) is 2.35. The SMILES string of the molecule is CNC(CC(C)CC(C)C)c1ccc(OC)cc1.